The molecule has 1 fully saturated rings. The monoisotopic (exact) mass is 451 g/mol. The maximum Gasteiger partial charge on any atom is 0.162 e. The average Bonchev–Trinajstić information content (AvgIpc) is 2.82. The minimum atomic E-state index is -0.302. The number of ketones is 1. The van der Waals surface area contributed by atoms with Gasteiger partial charge in [0.25, 0.3) is 0 Å². The molecule has 0 spiro atoms. The fourth-order valence-electron chi connectivity index (χ4n) is 4.81. The lowest BCUT2D eigenvalue weighted by atomic mass is 9.76. The summed E-state index contributed by atoms with van der Waals surface area (Å²) in [6, 6.07) is 27.6. The second-order valence-electron chi connectivity index (χ2n) is 8.51. The first-order valence-electron chi connectivity index (χ1n) is 11.3. The molecule has 0 bridgehead atoms. The number of hydrogen-bond donors (Lipinski definition) is 0. The number of piperidine rings is 1. The Kier molecular flexibility index (Phi) is 9.01. The van der Waals surface area contributed by atoms with Crippen LogP contribution in [0.1, 0.15) is 53.1 Å². The summed E-state index contributed by atoms with van der Waals surface area (Å²) >= 11 is 0. The number of hydrogen-bond acceptors (Lipinski definition) is 2. The van der Waals surface area contributed by atoms with Gasteiger partial charge in [0.2, 0.25) is 0 Å². The summed E-state index contributed by atoms with van der Waals surface area (Å²) in [5, 5.41) is 0. The van der Waals surface area contributed by atoms with E-state index in [9.17, 15) is 9.18 Å². The smallest absolute Gasteiger partial charge is 0.162 e. The van der Waals surface area contributed by atoms with Gasteiger partial charge in [0.05, 0.1) is 0 Å². The maximum absolute atomic E-state index is 13.0. The number of carbonyl (C=O) groups is 1. The first-order valence-corrected chi connectivity index (χ1v) is 11.3. The summed E-state index contributed by atoms with van der Waals surface area (Å²) in [7, 11) is 0. The van der Waals surface area contributed by atoms with E-state index in [1.165, 1.54) is 36.1 Å². The molecule has 1 aliphatic rings. The summed E-state index contributed by atoms with van der Waals surface area (Å²) in [6.45, 7) is 3.10. The van der Waals surface area contributed by atoms with Crippen LogP contribution in [-0.2, 0) is 0 Å². The highest BCUT2D eigenvalue weighted by molar-refractivity contribution is 5.95. The van der Waals surface area contributed by atoms with Crippen molar-refractivity contribution in [2.75, 3.05) is 19.6 Å². The molecule has 0 saturated carbocycles. The number of carbonyl (C=O) groups excluding carboxylic acids is 1. The van der Waals surface area contributed by atoms with Gasteiger partial charge in [-0.1, -0.05) is 60.7 Å². The normalized spacial score (nSPS) is 14.8. The van der Waals surface area contributed by atoms with Gasteiger partial charge in [-0.3, -0.25) is 4.79 Å². The van der Waals surface area contributed by atoms with E-state index in [2.05, 4.69) is 65.6 Å². The SMILES string of the molecule is Cl.O=C(CCCN1CCC(C(c2ccccc2)c2ccccc2)CC1)c1ccc(F)cc1. The molecule has 0 amide bonds. The third-order valence-electron chi connectivity index (χ3n) is 6.47. The Hall–Kier alpha value is -2.49. The van der Waals surface area contributed by atoms with E-state index in [0.29, 0.717) is 23.8 Å². The predicted octanol–water partition coefficient (Wildman–Crippen LogP) is 6.75. The van der Waals surface area contributed by atoms with Gasteiger partial charge in [0, 0.05) is 17.9 Å². The first kappa shape index (κ1) is 24.2. The van der Waals surface area contributed by atoms with Crippen molar-refractivity contribution in [3.8, 4) is 0 Å². The Morgan fingerprint density at radius 2 is 1.38 bits per heavy atom. The zero-order chi connectivity index (χ0) is 21.5. The highest BCUT2D eigenvalue weighted by atomic mass is 35.5. The summed E-state index contributed by atoms with van der Waals surface area (Å²) in [6.07, 6.45) is 3.70. The second kappa shape index (κ2) is 11.9. The molecule has 2 nitrogen and oxygen atoms in total. The van der Waals surface area contributed by atoms with Crippen molar-refractivity contribution in [2.45, 2.75) is 31.6 Å². The topological polar surface area (TPSA) is 20.3 Å². The molecule has 4 heteroatoms. The molecule has 3 aromatic carbocycles. The van der Waals surface area contributed by atoms with Crippen LogP contribution in [0, 0.1) is 11.7 Å². The number of likely N-dealkylation sites (tertiary alicyclic amines) is 1. The maximum atomic E-state index is 13.0. The van der Waals surface area contributed by atoms with E-state index < -0.39 is 0 Å². The third kappa shape index (κ3) is 6.27. The summed E-state index contributed by atoms with van der Waals surface area (Å²) in [5.41, 5.74) is 3.41. The fourth-order valence-corrected chi connectivity index (χ4v) is 4.81. The van der Waals surface area contributed by atoms with Crippen molar-refractivity contribution >= 4 is 18.2 Å². The summed E-state index contributed by atoms with van der Waals surface area (Å²) in [5.74, 6) is 0.860. The molecule has 1 heterocycles. The number of Topliss-reactive ketones (excluding diaryl/α,β-unsaturated/α-hetero) is 1. The van der Waals surface area contributed by atoms with Crippen LogP contribution >= 0.6 is 12.4 Å². The van der Waals surface area contributed by atoms with Crippen molar-refractivity contribution in [3.63, 3.8) is 0 Å². The van der Waals surface area contributed by atoms with Gasteiger partial charge in [0.15, 0.2) is 5.78 Å². The Morgan fingerprint density at radius 3 is 1.91 bits per heavy atom. The van der Waals surface area contributed by atoms with E-state index in [0.717, 1.165) is 26.1 Å². The molecule has 0 unspecified atom stereocenters. The molecule has 3 aromatic rings. The highest BCUT2D eigenvalue weighted by Crippen LogP contribution is 2.37. The first-order chi connectivity index (χ1) is 15.2. The zero-order valence-corrected chi connectivity index (χ0v) is 19.1. The van der Waals surface area contributed by atoms with Crippen LogP contribution in [-0.4, -0.2) is 30.3 Å². The van der Waals surface area contributed by atoms with Crippen LogP contribution in [0.15, 0.2) is 84.9 Å². The van der Waals surface area contributed by atoms with E-state index in [-0.39, 0.29) is 24.0 Å². The van der Waals surface area contributed by atoms with Crippen molar-refractivity contribution in [2.24, 2.45) is 5.92 Å². The molecule has 0 aliphatic carbocycles. The number of benzene rings is 3. The quantitative estimate of drug-likeness (QED) is 0.353. The van der Waals surface area contributed by atoms with Crippen molar-refractivity contribution in [1.82, 2.24) is 4.90 Å². The van der Waals surface area contributed by atoms with Crippen LogP contribution in [0.2, 0.25) is 0 Å². The van der Waals surface area contributed by atoms with Crippen LogP contribution in [0.5, 0.6) is 0 Å². The Bertz CT molecular complexity index is 914. The lowest BCUT2D eigenvalue weighted by molar-refractivity contribution is 0.0969. The zero-order valence-electron chi connectivity index (χ0n) is 18.3. The van der Waals surface area contributed by atoms with E-state index in [4.69, 9.17) is 0 Å². The van der Waals surface area contributed by atoms with Gasteiger partial charge in [-0.15, -0.1) is 12.4 Å². The van der Waals surface area contributed by atoms with Gasteiger partial charge < -0.3 is 4.90 Å². The Labute approximate surface area is 196 Å². The van der Waals surface area contributed by atoms with E-state index in [1.54, 1.807) is 12.1 Å². The third-order valence-corrected chi connectivity index (χ3v) is 6.47. The van der Waals surface area contributed by atoms with E-state index >= 15 is 0 Å². The number of halogens is 2. The Balaban J connectivity index is 0.00000289. The molecule has 168 valence electrons. The molecule has 1 aliphatic heterocycles. The van der Waals surface area contributed by atoms with E-state index in [1.807, 2.05) is 0 Å². The van der Waals surface area contributed by atoms with Crippen molar-refractivity contribution in [3.05, 3.63) is 107 Å². The minimum absolute atomic E-state index is 0. The van der Waals surface area contributed by atoms with Gasteiger partial charge >= 0.3 is 0 Å². The molecule has 0 N–H and O–H groups in total. The number of rotatable bonds is 8. The molecule has 4 rings (SSSR count). The molecule has 0 radical (unpaired) electrons. The van der Waals surface area contributed by atoms with Crippen LogP contribution in [0.25, 0.3) is 0 Å². The van der Waals surface area contributed by atoms with Crippen molar-refractivity contribution < 1.29 is 9.18 Å². The van der Waals surface area contributed by atoms with Crippen LogP contribution in [0.3, 0.4) is 0 Å². The molecule has 1 saturated heterocycles. The standard InChI is InChI=1S/C28H30FNO.ClH/c29-26-15-13-22(14-16-26)27(31)12-7-19-30-20-17-25(18-21-30)28(23-8-3-1-4-9-23)24-10-5-2-6-11-24;/h1-6,8-11,13-16,25,28H,7,12,17-21H2;1H. The summed E-state index contributed by atoms with van der Waals surface area (Å²) in [4.78, 5) is 14.8. The van der Waals surface area contributed by atoms with Gasteiger partial charge in [0.1, 0.15) is 5.82 Å². The van der Waals surface area contributed by atoms with Gasteiger partial charge in [-0.2, -0.15) is 0 Å². The van der Waals surface area contributed by atoms with Crippen molar-refractivity contribution in [1.29, 1.82) is 0 Å². The summed E-state index contributed by atoms with van der Waals surface area (Å²) < 4.78 is 13.0. The molecular formula is C28H31ClFNO. The molecular weight excluding hydrogens is 421 g/mol. The largest absolute Gasteiger partial charge is 0.303 e. The highest BCUT2D eigenvalue weighted by Gasteiger charge is 2.28. The molecule has 32 heavy (non-hydrogen) atoms. The molecule has 0 aromatic heterocycles. The van der Waals surface area contributed by atoms with Gasteiger partial charge in [-0.05, 0) is 80.2 Å². The second-order valence-corrected chi connectivity index (χ2v) is 8.51. The average molecular weight is 452 g/mol. The van der Waals surface area contributed by atoms with Crippen LogP contribution in [0.4, 0.5) is 4.39 Å². The lowest BCUT2D eigenvalue weighted by Crippen LogP contribution is -2.36. The van der Waals surface area contributed by atoms with Gasteiger partial charge in [-0.25, -0.2) is 4.39 Å². The predicted molar refractivity (Wildman–Crippen MR) is 131 cm³/mol. The minimum Gasteiger partial charge on any atom is -0.303 e. The molecule has 0 atom stereocenters. The van der Waals surface area contributed by atoms with Crippen LogP contribution < -0.4 is 0 Å². The number of nitrogens with zero attached hydrogens (tertiary/aromatic N) is 1. The fraction of sp³-hybridized carbons (Fsp3) is 0.321. The lowest BCUT2D eigenvalue weighted by Gasteiger charge is -2.36. The Morgan fingerprint density at radius 1 is 0.844 bits per heavy atom.